The van der Waals surface area contributed by atoms with E-state index < -0.39 is 17.7 Å². The molecule has 1 saturated heterocycles. The van der Waals surface area contributed by atoms with Gasteiger partial charge in [-0.15, -0.1) is 0 Å². The monoisotopic (exact) mass is 378 g/mol. The number of benzene rings is 2. The summed E-state index contributed by atoms with van der Waals surface area (Å²) in [6.45, 7) is 2.00. The van der Waals surface area contributed by atoms with Crippen LogP contribution < -0.4 is 14.8 Å². The van der Waals surface area contributed by atoms with E-state index in [-0.39, 0.29) is 19.1 Å². The SMILES string of the molecule is C[C@@]1(c2cc3ccccc3o2)NC(=O)N(C[C@@H]2COc3ccccc3O2)C1=O. The van der Waals surface area contributed by atoms with Gasteiger partial charge in [0, 0.05) is 5.39 Å². The molecule has 0 saturated carbocycles. The molecule has 0 bridgehead atoms. The first-order chi connectivity index (χ1) is 13.5. The van der Waals surface area contributed by atoms with Gasteiger partial charge in [-0.3, -0.25) is 9.69 Å². The molecule has 3 aromatic rings. The van der Waals surface area contributed by atoms with Crippen LogP contribution in [-0.2, 0) is 10.3 Å². The second-order valence-electron chi connectivity index (χ2n) is 7.12. The van der Waals surface area contributed by atoms with Crippen molar-refractivity contribution in [2.24, 2.45) is 0 Å². The van der Waals surface area contributed by atoms with Crippen LogP contribution in [0.3, 0.4) is 0 Å². The standard InChI is InChI=1S/C21H18N2O5/c1-21(18-10-13-6-2-3-7-15(13)28-18)19(24)23(20(25)22-21)11-14-12-26-16-8-4-5-9-17(16)27-14/h2-10,14H,11-12H2,1H3,(H,22,25)/t14-,21+/m1/s1. The lowest BCUT2D eigenvalue weighted by molar-refractivity contribution is -0.132. The molecular formula is C21H18N2O5. The Morgan fingerprint density at radius 3 is 2.68 bits per heavy atom. The zero-order valence-electron chi connectivity index (χ0n) is 15.2. The van der Waals surface area contributed by atoms with Crippen molar-refractivity contribution in [2.75, 3.05) is 13.2 Å². The van der Waals surface area contributed by atoms with E-state index in [4.69, 9.17) is 13.9 Å². The summed E-state index contributed by atoms with van der Waals surface area (Å²) in [4.78, 5) is 26.8. The summed E-state index contributed by atoms with van der Waals surface area (Å²) >= 11 is 0. The van der Waals surface area contributed by atoms with Gasteiger partial charge in [0.1, 0.15) is 18.0 Å². The molecule has 1 fully saturated rings. The van der Waals surface area contributed by atoms with E-state index in [9.17, 15) is 9.59 Å². The predicted molar refractivity (Wildman–Crippen MR) is 100 cm³/mol. The van der Waals surface area contributed by atoms with E-state index in [1.54, 1.807) is 19.1 Å². The maximum absolute atomic E-state index is 13.1. The van der Waals surface area contributed by atoms with Crippen molar-refractivity contribution >= 4 is 22.9 Å². The maximum atomic E-state index is 13.1. The summed E-state index contributed by atoms with van der Waals surface area (Å²) < 4.78 is 17.4. The van der Waals surface area contributed by atoms with E-state index in [1.165, 1.54) is 0 Å². The molecule has 2 aliphatic heterocycles. The van der Waals surface area contributed by atoms with Gasteiger partial charge in [0.05, 0.1) is 6.54 Å². The van der Waals surface area contributed by atoms with Crippen LogP contribution in [0.1, 0.15) is 12.7 Å². The number of rotatable bonds is 3. The molecule has 0 aliphatic carbocycles. The molecule has 2 aliphatic rings. The molecule has 1 aromatic heterocycles. The minimum absolute atomic E-state index is 0.0921. The van der Waals surface area contributed by atoms with Gasteiger partial charge >= 0.3 is 6.03 Å². The fourth-order valence-electron chi connectivity index (χ4n) is 3.61. The summed E-state index contributed by atoms with van der Waals surface area (Å²) in [5.74, 6) is 1.29. The minimum Gasteiger partial charge on any atom is -0.486 e. The quantitative estimate of drug-likeness (QED) is 0.709. The number of hydrogen-bond donors (Lipinski definition) is 1. The molecule has 2 atom stereocenters. The van der Waals surface area contributed by atoms with Gasteiger partial charge in [0.2, 0.25) is 0 Å². The fraction of sp³-hybridized carbons (Fsp3) is 0.238. The lowest BCUT2D eigenvalue weighted by Crippen LogP contribution is -2.45. The van der Waals surface area contributed by atoms with Crippen molar-refractivity contribution in [3.63, 3.8) is 0 Å². The molecule has 3 amide bonds. The molecule has 3 heterocycles. The van der Waals surface area contributed by atoms with E-state index >= 15 is 0 Å². The highest BCUT2D eigenvalue weighted by atomic mass is 16.6. The van der Waals surface area contributed by atoms with Crippen molar-refractivity contribution < 1.29 is 23.5 Å². The molecular weight excluding hydrogens is 360 g/mol. The number of carbonyl (C=O) groups is 2. The Morgan fingerprint density at radius 1 is 1.11 bits per heavy atom. The normalized spacial score (nSPS) is 23.9. The Kier molecular flexibility index (Phi) is 3.58. The Bertz CT molecular complexity index is 1060. The molecule has 28 heavy (non-hydrogen) atoms. The van der Waals surface area contributed by atoms with Gasteiger partial charge < -0.3 is 19.2 Å². The van der Waals surface area contributed by atoms with Gasteiger partial charge in [-0.05, 0) is 31.2 Å². The van der Waals surface area contributed by atoms with Crippen LogP contribution in [0.25, 0.3) is 11.0 Å². The molecule has 0 radical (unpaired) electrons. The third-order valence-electron chi connectivity index (χ3n) is 5.15. The van der Waals surface area contributed by atoms with Crippen LogP contribution in [0, 0.1) is 0 Å². The van der Waals surface area contributed by atoms with Gasteiger partial charge in [0.25, 0.3) is 5.91 Å². The van der Waals surface area contributed by atoms with Crippen LogP contribution in [0.2, 0.25) is 0 Å². The molecule has 2 aromatic carbocycles. The summed E-state index contributed by atoms with van der Waals surface area (Å²) in [7, 11) is 0. The van der Waals surface area contributed by atoms with Crippen molar-refractivity contribution in [3.8, 4) is 11.5 Å². The average Bonchev–Trinajstić information content (AvgIpc) is 3.24. The van der Waals surface area contributed by atoms with Crippen molar-refractivity contribution in [1.29, 1.82) is 0 Å². The first-order valence-corrected chi connectivity index (χ1v) is 9.06. The molecule has 5 rings (SSSR count). The molecule has 1 N–H and O–H groups in total. The molecule has 0 unspecified atom stereocenters. The largest absolute Gasteiger partial charge is 0.486 e. The highest BCUT2D eigenvalue weighted by Gasteiger charge is 2.52. The Hall–Kier alpha value is -3.48. The lowest BCUT2D eigenvalue weighted by Gasteiger charge is -2.28. The number of furan rings is 1. The number of para-hydroxylation sites is 3. The number of nitrogens with one attached hydrogen (secondary N) is 1. The minimum atomic E-state index is -1.26. The van der Waals surface area contributed by atoms with E-state index in [1.807, 2.05) is 42.5 Å². The molecule has 0 spiro atoms. The molecule has 7 nitrogen and oxygen atoms in total. The number of imide groups is 1. The van der Waals surface area contributed by atoms with Crippen LogP contribution in [0.5, 0.6) is 11.5 Å². The Labute approximate surface area is 160 Å². The second-order valence-corrected chi connectivity index (χ2v) is 7.12. The number of hydrogen-bond acceptors (Lipinski definition) is 5. The number of nitrogens with zero attached hydrogens (tertiary/aromatic N) is 1. The molecule has 7 heteroatoms. The van der Waals surface area contributed by atoms with Crippen LogP contribution in [0.15, 0.2) is 59.0 Å². The van der Waals surface area contributed by atoms with E-state index in [0.29, 0.717) is 22.8 Å². The van der Waals surface area contributed by atoms with Crippen LogP contribution >= 0.6 is 0 Å². The molecule has 142 valence electrons. The third kappa shape index (κ3) is 2.51. The smallest absolute Gasteiger partial charge is 0.325 e. The van der Waals surface area contributed by atoms with Crippen molar-refractivity contribution in [2.45, 2.75) is 18.6 Å². The summed E-state index contributed by atoms with van der Waals surface area (Å²) in [6, 6.07) is 16.1. The number of fused-ring (bicyclic) bond motifs is 2. The van der Waals surface area contributed by atoms with Gasteiger partial charge in [-0.25, -0.2) is 4.79 Å². The van der Waals surface area contributed by atoms with Crippen LogP contribution in [0.4, 0.5) is 4.79 Å². The van der Waals surface area contributed by atoms with Gasteiger partial charge in [-0.2, -0.15) is 0 Å². The second kappa shape index (κ2) is 6.02. The number of carbonyl (C=O) groups excluding carboxylic acids is 2. The summed E-state index contributed by atoms with van der Waals surface area (Å²) in [5.41, 5.74) is -0.594. The van der Waals surface area contributed by atoms with Crippen molar-refractivity contribution in [3.05, 3.63) is 60.4 Å². The Balaban J connectivity index is 1.38. The van der Waals surface area contributed by atoms with Crippen LogP contribution in [-0.4, -0.2) is 36.1 Å². The average molecular weight is 378 g/mol. The predicted octanol–water partition coefficient (Wildman–Crippen LogP) is 3.04. The number of urea groups is 1. The zero-order chi connectivity index (χ0) is 19.3. The lowest BCUT2D eigenvalue weighted by atomic mass is 9.99. The van der Waals surface area contributed by atoms with E-state index in [2.05, 4.69) is 5.32 Å². The topological polar surface area (TPSA) is 81.0 Å². The number of amides is 3. The van der Waals surface area contributed by atoms with E-state index in [0.717, 1.165) is 10.3 Å². The zero-order valence-corrected chi connectivity index (χ0v) is 15.2. The van der Waals surface area contributed by atoms with Crippen molar-refractivity contribution in [1.82, 2.24) is 10.2 Å². The van der Waals surface area contributed by atoms with Gasteiger partial charge in [0.15, 0.2) is 23.1 Å². The fourth-order valence-corrected chi connectivity index (χ4v) is 3.61. The summed E-state index contributed by atoms with van der Waals surface area (Å²) in [5, 5.41) is 3.64. The Morgan fingerprint density at radius 2 is 1.86 bits per heavy atom. The highest BCUT2D eigenvalue weighted by molar-refractivity contribution is 6.07. The highest BCUT2D eigenvalue weighted by Crippen LogP contribution is 2.35. The maximum Gasteiger partial charge on any atom is 0.325 e. The first-order valence-electron chi connectivity index (χ1n) is 9.06. The summed E-state index contributed by atoms with van der Waals surface area (Å²) in [6.07, 6.45) is -0.442. The number of ether oxygens (including phenoxy) is 2. The van der Waals surface area contributed by atoms with Gasteiger partial charge in [-0.1, -0.05) is 30.3 Å². The third-order valence-corrected chi connectivity index (χ3v) is 5.15. The first kappa shape index (κ1) is 16.7.